The van der Waals surface area contributed by atoms with Gasteiger partial charge < -0.3 is 20.5 Å². The molecule has 3 heterocycles. The van der Waals surface area contributed by atoms with Gasteiger partial charge in [0.15, 0.2) is 0 Å². The lowest BCUT2D eigenvalue weighted by atomic mass is 10.00. The maximum atomic E-state index is 13.3. The van der Waals surface area contributed by atoms with E-state index >= 15 is 0 Å². The normalized spacial score (nSPS) is 18.3. The van der Waals surface area contributed by atoms with E-state index in [1.54, 1.807) is 0 Å². The number of piperidine rings is 2. The molecule has 2 aliphatic rings. The molecule has 2 fully saturated rings. The number of halogens is 1. The van der Waals surface area contributed by atoms with Gasteiger partial charge in [0.2, 0.25) is 11.8 Å². The second kappa shape index (κ2) is 12.8. The van der Waals surface area contributed by atoms with E-state index in [1.165, 1.54) is 32.4 Å². The van der Waals surface area contributed by atoms with Crippen LogP contribution in [0, 0.1) is 0 Å². The van der Waals surface area contributed by atoms with Crippen molar-refractivity contribution in [2.75, 3.05) is 32.7 Å². The van der Waals surface area contributed by atoms with Crippen LogP contribution in [0.25, 0.3) is 10.9 Å². The van der Waals surface area contributed by atoms with Crippen molar-refractivity contribution in [3.63, 3.8) is 0 Å². The number of fused-ring (bicyclic) bond motifs is 1. The number of aromatic nitrogens is 1. The number of amides is 2. The number of hydrogen-bond acceptors (Lipinski definition) is 4. The average molecular weight is 536 g/mol. The van der Waals surface area contributed by atoms with Crippen LogP contribution in [0.2, 0.25) is 5.02 Å². The fourth-order valence-electron chi connectivity index (χ4n) is 5.85. The van der Waals surface area contributed by atoms with Crippen LogP contribution in [-0.4, -0.2) is 71.4 Å². The van der Waals surface area contributed by atoms with Crippen molar-refractivity contribution in [1.29, 1.82) is 0 Å². The molecule has 1 aromatic heterocycles. The Morgan fingerprint density at radius 3 is 2.47 bits per heavy atom. The van der Waals surface area contributed by atoms with Crippen molar-refractivity contribution in [3.8, 4) is 0 Å². The smallest absolute Gasteiger partial charge is 0.243 e. The van der Waals surface area contributed by atoms with E-state index in [4.69, 9.17) is 11.6 Å². The summed E-state index contributed by atoms with van der Waals surface area (Å²) >= 11 is 6.29. The van der Waals surface area contributed by atoms with Gasteiger partial charge in [0.25, 0.3) is 0 Å². The molecule has 1 atom stereocenters. The Bertz CT molecular complexity index is 1230. The molecule has 202 valence electrons. The van der Waals surface area contributed by atoms with E-state index in [-0.39, 0.29) is 11.8 Å². The Balaban J connectivity index is 1.20. The number of carbonyl (C=O) groups excluding carboxylic acids is 2. The first-order chi connectivity index (χ1) is 18.6. The second-order valence-corrected chi connectivity index (χ2v) is 11.0. The highest BCUT2D eigenvalue weighted by atomic mass is 35.5. The number of carbonyl (C=O) groups is 2. The van der Waals surface area contributed by atoms with Crippen molar-refractivity contribution in [1.82, 2.24) is 25.4 Å². The molecule has 38 heavy (non-hydrogen) atoms. The SMILES string of the molecule is O=C(CN1CCC(N2CCCCC2)CC1)NC(Cc1c[nH]c2ccccc12)C(=O)NCc1ccccc1Cl. The van der Waals surface area contributed by atoms with Crippen molar-refractivity contribution >= 4 is 34.3 Å². The number of aromatic amines is 1. The quantitative estimate of drug-likeness (QED) is 0.385. The summed E-state index contributed by atoms with van der Waals surface area (Å²) in [6.07, 6.45) is 8.49. The van der Waals surface area contributed by atoms with E-state index < -0.39 is 6.04 Å². The molecule has 3 aromatic rings. The molecule has 0 aliphatic carbocycles. The van der Waals surface area contributed by atoms with Crippen molar-refractivity contribution in [2.45, 2.75) is 57.2 Å². The topological polar surface area (TPSA) is 80.5 Å². The Morgan fingerprint density at radius 2 is 1.68 bits per heavy atom. The third-order valence-electron chi connectivity index (χ3n) is 7.99. The van der Waals surface area contributed by atoms with Gasteiger partial charge in [0.05, 0.1) is 6.54 Å². The Hall–Kier alpha value is -2.87. The number of H-pyrrole nitrogens is 1. The fraction of sp³-hybridized carbons (Fsp3) is 0.467. The van der Waals surface area contributed by atoms with Gasteiger partial charge in [-0.25, -0.2) is 0 Å². The first kappa shape index (κ1) is 26.7. The molecule has 0 spiro atoms. The van der Waals surface area contributed by atoms with Crippen LogP contribution in [0.1, 0.15) is 43.2 Å². The number of rotatable bonds is 9. The molecule has 0 saturated carbocycles. The fourth-order valence-corrected chi connectivity index (χ4v) is 6.05. The summed E-state index contributed by atoms with van der Waals surface area (Å²) in [4.78, 5) is 34.6. The zero-order chi connectivity index (χ0) is 26.3. The number of para-hydroxylation sites is 1. The highest BCUT2D eigenvalue weighted by Crippen LogP contribution is 2.22. The van der Waals surface area contributed by atoms with Crippen LogP contribution in [-0.2, 0) is 22.6 Å². The van der Waals surface area contributed by atoms with E-state index in [0.717, 1.165) is 48.0 Å². The van der Waals surface area contributed by atoms with Crippen molar-refractivity contribution in [2.24, 2.45) is 0 Å². The number of likely N-dealkylation sites (tertiary alicyclic amines) is 2. The number of hydrogen-bond donors (Lipinski definition) is 3. The number of benzene rings is 2. The molecule has 0 bridgehead atoms. The van der Waals surface area contributed by atoms with Gasteiger partial charge in [-0.1, -0.05) is 54.4 Å². The van der Waals surface area contributed by atoms with Crippen LogP contribution >= 0.6 is 11.6 Å². The molecule has 0 radical (unpaired) electrons. The second-order valence-electron chi connectivity index (χ2n) is 10.6. The molecule has 2 amide bonds. The minimum Gasteiger partial charge on any atom is -0.361 e. The third kappa shape index (κ3) is 6.76. The Labute approximate surface area is 229 Å². The summed E-state index contributed by atoms with van der Waals surface area (Å²) in [7, 11) is 0. The van der Waals surface area contributed by atoms with Crippen molar-refractivity contribution in [3.05, 3.63) is 70.9 Å². The maximum absolute atomic E-state index is 13.3. The summed E-state index contributed by atoms with van der Waals surface area (Å²) in [5.41, 5.74) is 2.86. The third-order valence-corrected chi connectivity index (χ3v) is 8.36. The van der Waals surface area contributed by atoms with Gasteiger partial charge in [-0.05, 0) is 62.0 Å². The molecule has 2 saturated heterocycles. The predicted octanol–water partition coefficient (Wildman–Crippen LogP) is 4.12. The number of nitrogens with one attached hydrogen (secondary N) is 3. The van der Waals surface area contributed by atoms with Gasteiger partial charge in [0.1, 0.15) is 6.04 Å². The highest BCUT2D eigenvalue weighted by Gasteiger charge is 2.28. The van der Waals surface area contributed by atoms with E-state index in [1.807, 2.05) is 54.7 Å². The van der Waals surface area contributed by atoms with Crippen LogP contribution in [0.15, 0.2) is 54.7 Å². The van der Waals surface area contributed by atoms with Crippen molar-refractivity contribution < 1.29 is 9.59 Å². The largest absolute Gasteiger partial charge is 0.361 e. The molecule has 1 unspecified atom stereocenters. The minimum atomic E-state index is -0.685. The molecule has 5 rings (SSSR count). The Kier molecular flexibility index (Phi) is 8.99. The van der Waals surface area contributed by atoms with Gasteiger partial charge >= 0.3 is 0 Å². The molecular formula is C30H38ClN5O2. The van der Waals surface area contributed by atoms with Crippen LogP contribution < -0.4 is 10.6 Å². The average Bonchev–Trinajstić information content (AvgIpc) is 3.36. The molecule has 2 aromatic carbocycles. The lowest BCUT2D eigenvalue weighted by molar-refractivity contribution is -0.129. The summed E-state index contributed by atoms with van der Waals surface area (Å²) in [5, 5.41) is 7.70. The molecular weight excluding hydrogens is 498 g/mol. The van der Waals surface area contributed by atoms with E-state index in [9.17, 15) is 9.59 Å². The van der Waals surface area contributed by atoms with E-state index in [0.29, 0.717) is 30.6 Å². The highest BCUT2D eigenvalue weighted by molar-refractivity contribution is 6.31. The van der Waals surface area contributed by atoms with Gasteiger partial charge in [0, 0.05) is 54.2 Å². The van der Waals surface area contributed by atoms with Gasteiger partial charge in [-0.15, -0.1) is 0 Å². The zero-order valence-electron chi connectivity index (χ0n) is 21.9. The monoisotopic (exact) mass is 535 g/mol. The lowest BCUT2D eigenvalue weighted by Crippen LogP contribution is -2.52. The van der Waals surface area contributed by atoms with Crippen LogP contribution in [0.3, 0.4) is 0 Å². The molecule has 2 aliphatic heterocycles. The zero-order valence-corrected chi connectivity index (χ0v) is 22.7. The van der Waals surface area contributed by atoms with Gasteiger partial charge in [-0.2, -0.15) is 0 Å². The summed E-state index contributed by atoms with van der Waals surface area (Å²) in [5.74, 6) is -0.327. The number of nitrogens with zero attached hydrogens (tertiary/aromatic N) is 2. The van der Waals surface area contributed by atoms with E-state index in [2.05, 4.69) is 25.4 Å². The maximum Gasteiger partial charge on any atom is 0.243 e. The summed E-state index contributed by atoms with van der Waals surface area (Å²) < 4.78 is 0. The molecule has 8 heteroatoms. The van der Waals surface area contributed by atoms with Crippen LogP contribution in [0.4, 0.5) is 0 Å². The standard InChI is InChI=1S/C30H38ClN5O2/c31-26-10-4-2-8-22(26)19-33-30(38)28(18-23-20-32-27-11-5-3-9-25(23)27)34-29(37)21-35-16-12-24(13-17-35)36-14-6-1-7-15-36/h2-5,8-11,20,24,28,32H,1,6-7,12-19,21H2,(H,33,38)(H,34,37). The first-order valence-electron chi connectivity index (χ1n) is 13.9. The summed E-state index contributed by atoms with van der Waals surface area (Å²) in [6, 6.07) is 15.4. The predicted molar refractivity (Wildman–Crippen MR) is 152 cm³/mol. The van der Waals surface area contributed by atoms with Gasteiger partial charge in [-0.3, -0.25) is 14.5 Å². The minimum absolute atomic E-state index is 0.112. The summed E-state index contributed by atoms with van der Waals surface area (Å²) in [6.45, 7) is 4.88. The van der Waals surface area contributed by atoms with Crippen LogP contribution in [0.5, 0.6) is 0 Å². The molecule has 7 nitrogen and oxygen atoms in total. The molecule has 3 N–H and O–H groups in total. The first-order valence-corrected chi connectivity index (χ1v) is 14.3. The lowest BCUT2D eigenvalue weighted by Gasteiger charge is -2.40. The Morgan fingerprint density at radius 1 is 0.947 bits per heavy atom.